The van der Waals surface area contributed by atoms with Gasteiger partial charge in [0.2, 0.25) is 5.91 Å². The monoisotopic (exact) mass is 650 g/mol. The molecule has 2 aromatic carbocycles. The number of anilines is 1. The van der Waals surface area contributed by atoms with Crippen molar-refractivity contribution in [2.24, 2.45) is 5.92 Å². The molecule has 0 saturated heterocycles. The van der Waals surface area contributed by atoms with Crippen molar-refractivity contribution in [1.82, 2.24) is 15.1 Å². The minimum atomic E-state index is -0.493. The quantitative estimate of drug-likeness (QED) is 0.340. The van der Waals surface area contributed by atoms with Gasteiger partial charge in [0.05, 0.1) is 36.8 Å². The normalized spacial score (nSPS) is 22.3. The lowest BCUT2D eigenvalue weighted by Crippen LogP contribution is -2.50. The molecule has 258 valence electrons. The van der Waals surface area contributed by atoms with Crippen LogP contribution in [0.3, 0.4) is 0 Å². The van der Waals surface area contributed by atoms with E-state index in [9.17, 15) is 19.5 Å². The third kappa shape index (κ3) is 11.0. The number of likely N-dealkylation sites (N-methyl/N-ethyl adjacent to an activating group) is 1. The lowest BCUT2D eigenvalue weighted by atomic mass is 9.96. The number of urea groups is 1. The molecule has 4 atom stereocenters. The van der Waals surface area contributed by atoms with Gasteiger partial charge in [0.15, 0.2) is 0 Å². The van der Waals surface area contributed by atoms with E-state index in [0.717, 1.165) is 50.5 Å². The number of nitrogens with zero attached hydrogens (tertiary/aromatic N) is 2. The van der Waals surface area contributed by atoms with Crippen LogP contribution in [0.15, 0.2) is 48.5 Å². The maximum atomic E-state index is 14.4. The van der Waals surface area contributed by atoms with Crippen molar-refractivity contribution < 1.29 is 29.0 Å². The molecule has 0 unspecified atom stereocenters. The third-order valence-corrected chi connectivity index (χ3v) is 9.28. The standard InChI is InChI=1S/C37H54N4O6/c1-26-23-41(27(2)25-42)36(44)32-22-31(38-35(43)21-29-14-7-5-8-15-29)18-19-33(32)47-28(3)13-11-12-20-46-34(26)24-40(4)37(45)39-30-16-9-6-10-17-30/h5,7-8,14-15,18-19,22,26-28,30,34,42H,6,9-13,16-17,20-21,23-25H2,1-4H3,(H,38,43)(H,39,45)/t26-,27+,28+,34-/m1/s1. The second-order valence-electron chi connectivity index (χ2n) is 13.4. The highest BCUT2D eigenvalue weighted by molar-refractivity contribution is 6.00. The van der Waals surface area contributed by atoms with Gasteiger partial charge in [-0.15, -0.1) is 0 Å². The van der Waals surface area contributed by atoms with E-state index in [1.807, 2.05) is 51.1 Å². The summed E-state index contributed by atoms with van der Waals surface area (Å²) in [6.45, 7) is 6.79. The van der Waals surface area contributed by atoms with Crippen molar-refractivity contribution in [2.45, 2.75) is 103 Å². The lowest BCUT2D eigenvalue weighted by molar-refractivity contribution is -0.115. The van der Waals surface area contributed by atoms with Gasteiger partial charge in [-0.1, -0.05) is 56.5 Å². The molecular formula is C37H54N4O6. The Bertz CT molecular complexity index is 1300. The number of carbonyl (C=O) groups excluding carboxylic acids is 3. The SMILES string of the molecule is C[C@@H]1CN([C@@H](C)CO)C(=O)c2cc(NC(=O)Cc3ccccc3)ccc2O[C@@H](C)CCCCO[C@@H]1CN(C)C(=O)NC1CCCCC1. The van der Waals surface area contributed by atoms with Crippen molar-refractivity contribution in [3.05, 3.63) is 59.7 Å². The Labute approximate surface area is 280 Å². The third-order valence-electron chi connectivity index (χ3n) is 9.28. The molecule has 1 saturated carbocycles. The number of nitrogens with one attached hydrogen (secondary N) is 2. The summed E-state index contributed by atoms with van der Waals surface area (Å²) in [6.07, 6.45) is 7.73. The number of hydrogen-bond donors (Lipinski definition) is 3. The average Bonchev–Trinajstić information content (AvgIpc) is 3.06. The topological polar surface area (TPSA) is 120 Å². The van der Waals surface area contributed by atoms with Gasteiger partial charge in [-0.2, -0.15) is 0 Å². The first-order valence-electron chi connectivity index (χ1n) is 17.3. The number of benzene rings is 2. The van der Waals surface area contributed by atoms with Crippen LogP contribution in [0.5, 0.6) is 5.75 Å². The Morgan fingerprint density at radius 1 is 1.02 bits per heavy atom. The van der Waals surface area contributed by atoms with Gasteiger partial charge in [0, 0.05) is 44.4 Å². The summed E-state index contributed by atoms with van der Waals surface area (Å²) in [4.78, 5) is 43.7. The summed E-state index contributed by atoms with van der Waals surface area (Å²) >= 11 is 0. The molecule has 1 fully saturated rings. The molecule has 1 aliphatic heterocycles. The number of ether oxygens (including phenoxy) is 2. The van der Waals surface area contributed by atoms with Crippen LogP contribution in [0.2, 0.25) is 0 Å². The molecule has 2 aliphatic rings. The number of hydrogen-bond acceptors (Lipinski definition) is 6. The van der Waals surface area contributed by atoms with Crippen molar-refractivity contribution in [1.29, 1.82) is 0 Å². The number of aliphatic hydroxyl groups is 1. The zero-order chi connectivity index (χ0) is 33.8. The van der Waals surface area contributed by atoms with Crippen molar-refractivity contribution in [2.75, 3.05) is 38.7 Å². The van der Waals surface area contributed by atoms with Crippen LogP contribution in [0.1, 0.15) is 88.1 Å². The van der Waals surface area contributed by atoms with Crippen LogP contribution in [-0.4, -0.2) is 90.4 Å². The molecular weight excluding hydrogens is 596 g/mol. The van der Waals surface area contributed by atoms with E-state index in [1.165, 1.54) is 6.42 Å². The van der Waals surface area contributed by atoms with Crippen LogP contribution in [-0.2, 0) is 16.0 Å². The minimum Gasteiger partial charge on any atom is -0.490 e. The zero-order valence-corrected chi connectivity index (χ0v) is 28.6. The Hall–Kier alpha value is -3.63. The van der Waals surface area contributed by atoms with E-state index in [1.54, 1.807) is 35.0 Å². The Balaban J connectivity index is 1.56. The van der Waals surface area contributed by atoms with E-state index in [0.29, 0.717) is 36.7 Å². The summed E-state index contributed by atoms with van der Waals surface area (Å²) in [6, 6.07) is 14.3. The maximum Gasteiger partial charge on any atom is 0.317 e. The highest BCUT2D eigenvalue weighted by Crippen LogP contribution is 2.29. The zero-order valence-electron chi connectivity index (χ0n) is 28.6. The molecule has 10 nitrogen and oxygen atoms in total. The highest BCUT2D eigenvalue weighted by atomic mass is 16.5. The summed E-state index contributed by atoms with van der Waals surface area (Å²) in [5.74, 6) is -0.211. The fourth-order valence-corrected chi connectivity index (χ4v) is 6.33. The van der Waals surface area contributed by atoms with Crippen LogP contribution in [0.4, 0.5) is 10.5 Å². The molecule has 10 heteroatoms. The number of aliphatic hydroxyl groups excluding tert-OH is 1. The fraction of sp³-hybridized carbons (Fsp3) is 0.595. The molecule has 1 aliphatic carbocycles. The average molecular weight is 651 g/mol. The van der Waals surface area contributed by atoms with Crippen molar-refractivity contribution >= 4 is 23.5 Å². The predicted octanol–water partition coefficient (Wildman–Crippen LogP) is 5.64. The van der Waals surface area contributed by atoms with E-state index in [-0.39, 0.29) is 55.0 Å². The van der Waals surface area contributed by atoms with Crippen LogP contribution < -0.4 is 15.4 Å². The Kier molecular flexibility index (Phi) is 13.9. The summed E-state index contributed by atoms with van der Waals surface area (Å²) < 4.78 is 12.7. The van der Waals surface area contributed by atoms with Gasteiger partial charge in [0.1, 0.15) is 5.75 Å². The Morgan fingerprint density at radius 2 is 1.74 bits per heavy atom. The van der Waals surface area contributed by atoms with E-state index < -0.39 is 6.04 Å². The molecule has 0 spiro atoms. The molecule has 4 amide bonds. The van der Waals surface area contributed by atoms with Gasteiger partial charge in [-0.05, 0) is 69.7 Å². The number of rotatable bonds is 8. The minimum absolute atomic E-state index is 0.106. The van der Waals surface area contributed by atoms with E-state index >= 15 is 0 Å². The van der Waals surface area contributed by atoms with Gasteiger partial charge in [-0.25, -0.2) is 4.79 Å². The van der Waals surface area contributed by atoms with E-state index in [2.05, 4.69) is 10.6 Å². The second-order valence-corrected chi connectivity index (χ2v) is 13.4. The van der Waals surface area contributed by atoms with Crippen LogP contribution in [0, 0.1) is 5.92 Å². The summed E-state index contributed by atoms with van der Waals surface area (Å²) in [5.41, 5.74) is 1.70. The van der Waals surface area contributed by atoms with Crippen LogP contribution >= 0.6 is 0 Å². The molecule has 1 heterocycles. The van der Waals surface area contributed by atoms with E-state index in [4.69, 9.17) is 9.47 Å². The predicted molar refractivity (Wildman–Crippen MR) is 184 cm³/mol. The summed E-state index contributed by atoms with van der Waals surface area (Å²) in [5, 5.41) is 16.4. The van der Waals surface area contributed by atoms with Crippen molar-refractivity contribution in [3.63, 3.8) is 0 Å². The highest BCUT2D eigenvalue weighted by Gasteiger charge is 2.31. The number of amides is 4. The van der Waals surface area contributed by atoms with Crippen molar-refractivity contribution in [3.8, 4) is 5.75 Å². The molecule has 0 radical (unpaired) electrons. The maximum absolute atomic E-state index is 14.4. The molecule has 4 rings (SSSR count). The smallest absolute Gasteiger partial charge is 0.317 e. The van der Waals surface area contributed by atoms with Gasteiger partial charge in [-0.3, -0.25) is 9.59 Å². The van der Waals surface area contributed by atoms with Crippen LogP contribution in [0.25, 0.3) is 0 Å². The van der Waals surface area contributed by atoms with Gasteiger partial charge < -0.3 is 35.0 Å². The molecule has 47 heavy (non-hydrogen) atoms. The molecule has 3 N–H and O–H groups in total. The number of fused-ring (bicyclic) bond motifs is 1. The summed E-state index contributed by atoms with van der Waals surface area (Å²) in [7, 11) is 1.79. The largest absolute Gasteiger partial charge is 0.490 e. The molecule has 0 aromatic heterocycles. The first-order chi connectivity index (χ1) is 22.6. The Morgan fingerprint density at radius 3 is 2.47 bits per heavy atom. The molecule has 2 aromatic rings. The first-order valence-corrected chi connectivity index (χ1v) is 17.3. The number of carbonyl (C=O) groups is 3. The van der Waals surface area contributed by atoms with Gasteiger partial charge >= 0.3 is 6.03 Å². The molecule has 0 bridgehead atoms. The lowest BCUT2D eigenvalue weighted by Gasteiger charge is -2.36. The second kappa shape index (κ2) is 18.1. The fourth-order valence-electron chi connectivity index (χ4n) is 6.33. The first kappa shape index (κ1) is 36.2. The van der Waals surface area contributed by atoms with Gasteiger partial charge in [0.25, 0.3) is 5.91 Å².